The third kappa shape index (κ3) is 2.79. The Morgan fingerprint density at radius 1 is 1.21 bits per heavy atom. The maximum Gasteiger partial charge on any atom is 0.308 e. The average molecular weight is 325 g/mol. The zero-order valence-corrected chi connectivity index (χ0v) is 13.2. The molecule has 24 heavy (non-hydrogen) atoms. The number of rotatable bonds is 4. The number of aromatic nitrogens is 1. The van der Waals surface area contributed by atoms with Crippen molar-refractivity contribution >= 4 is 28.6 Å². The summed E-state index contributed by atoms with van der Waals surface area (Å²) >= 11 is 0. The summed E-state index contributed by atoms with van der Waals surface area (Å²) in [4.78, 5) is 30.4. The number of hydrogen-bond donors (Lipinski definition) is 2. The Labute approximate surface area is 139 Å². The Hall–Kier alpha value is -2.63. The number of para-hydroxylation sites is 1. The van der Waals surface area contributed by atoms with E-state index < -0.39 is 5.97 Å². The highest BCUT2D eigenvalue weighted by Gasteiger charge is 2.30. The molecular formula is C18H19N3O3. The minimum atomic E-state index is -0.773. The molecule has 2 N–H and O–H groups in total. The Morgan fingerprint density at radius 3 is 2.71 bits per heavy atom. The van der Waals surface area contributed by atoms with Gasteiger partial charge in [0.1, 0.15) is 5.82 Å². The van der Waals surface area contributed by atoms with E-state index in [2.05, 4.69) is 10.3 Å². The summed E-state index contributed by atoms with van der Waals surface area (Å²) in [6, 6.07) is 9.66. The van der Waals surface area contributed by atoms with Gasteiger partial charge >= 0.3 is 5.97 Å². The number of pyridine rings is 1. The van der Waals surface area contributed by atoms with Crippen LogP contribution < -0.4 is 10.2 Å². The number of carbonyl (C=O) groups excluding carboxylic acids is 1. The van der Waals surface area contributed by atoms with Gasteiger partial charge < -0.3 is 15.3 Å². The Bertz CT molecular complexity index is 816. The standard InChI is InChI=1S/C18H19N3O3/c22-17(19-12-5-6-12)14-9-16(20-15-4-2-1-3-13(14)15)21-8-7-11(10-21)18(23)24/h1-4,9,11-12H,5-8,10H2,(H,19,22)(H,23,24). The van der Waals surface area contributed by atoms with Crippen molar-refractivity contribution in [3.63, 3.8) is 0 Å². The number of carboxylic acid groups (broad SMARTS) is 1. The quantitative estimate of drug-likeness (QED) is 0.899. The van der Waals surface area contributed by atoms with Crippen LogP contribution >= 0.6 is 0 Å². The molecule has 6 heteroatoms. The molecule has 1 unspecified atom stereocenters. The van der Waals surface area contributed by atoms with Crippen LogP contribution in [0.4, 0.5) is 5.82 Å². The number of amides is 1. The molecule has 4 rings (SSSR count). The van der Waals surface area contributed by atoms with E-state index in [9.17, 15) is 14.7 Å². The van der Waals surface area contributed by atoms with E-state index in [0.717, 1.165) is 23.7 Å². The smallest absolute Gasteiger partial charge is 0.308 e. The molecule has 0 spiro atoms. The van der Waals surface area contributed by atoms with E-state index in [1.54, 1.807) is 6.07 Å². The third-order valence-electron chi connectivity index (χ3n) is 4.72. The van der Waals surface area contributed by atoms with Gasteiger partial charge in [-0.15, -0.1) is 0 Å². The van der Waals surface area contributed by atoms with Crippen LogP contribution in [0.3, 0.4) is 0 Å². The lowest BCUT2D eigenvalue weighted by Gasteiger charge is -2.19. The molecule has 2 aliphatic rings. The Morgan fingerprint density at radius 2 is 2.00 bits per heavy atom. The summed E-state index contributed by atoms with van der Waals surface area (Å²) in [6.07, 6.45) is 2.68. The summed E-state index contributed by atoms with van der Waals surface area (Å²) in [5.74, 6) is -0.545. The molecule has 0 bridgehead atoms. The summed E-state index contributed by atoms with van der Waals surface area (Å²) in [5, 5.41) is 13.0. The fourth-order valence-electron chi connectivity index (χ4n) is 3.17. The van der Waals surface area contributed by atoms with Crippen LogP contribution in [0, 0.1) is 5.92 Å². The molecule has 1 aliphatic carbocycles. The van der Waals surface area contributed by atoms with Crippen LogP contribution in [-0.2, 0) is 4.79 Å². The number of aliphatic carboxylic acids is 1. The maximum atomic E-state index is 12.6. The molecule has 1 saturated heterocycles. The minimum Gasteiger partial charge on any atom is -0.481 e. The van der Waals surface area contributed by atoms with Crippen LogP contribution in [0.1, 0.15) is 29.6 Å². The number of fused-ring (bicyclic) bond motifs is 1. The first-order valence-electron chi connectivity index (χ1n) is 8.30. The highest BCUT2D eigenvalue weighted by molar-refractivity contribution is 6.07. The lowest BCUT2D eigenvalue weighted by atomic mass is 10.1. The number of nitrogens with zero attached hydrogens (tertiary/aromatic N) is 2. The van der Waals surface area contributed by atoms with Crippen molar-refractivity contribution in [2.75, 3.05) is 18.0 Å². The zero-order chi connectivity index (χ0) is 16.7. The molecule has 1 amide bonds. The van der Waals surface area contributed by atoms with Gasteiger partial charge in [-0.3, -0.25) is 9.59 Å². The van der Waals surface area contributed by atoms with Crippen molar-refractivity contribution < 1.29 is 14.7 Å². The molecule has 1 atom stereocenters. The molecule has 2 aromatic rings. The molecule has 2 fully saturated rings. The van der Waals surface area contributed by atoms with Crippen molar-refractivity contribution in [1.82, 2.24) is 10.3 Å². The molecule has 1 aromatic carbocycles. The third-order valence-corrected chi connectivity index (χ3v) is 4.72. The second-order valence-corrected chi connectivity index (χ2v) is 6.56. The summed E-state index contributed by atoms with van der Waals surface area (Å²) in [6.45, 7) is 1.08. The Balaban J connectivity index is 1.71. The van der Waals surface area contributed by atoms with Gasteiger partial charge in [-0.1, -0.05) is 18.2 Å². The molecule has 0 radical (unpaired) electrons. The van der Waals surface area contributed by atoms with E-state index in [1.807, 2.05) is 29.2 Å². The van der Waals surface area contributed by atoms with E-state index in [1.165, 1.54) is 0 Å². The van der Waals surface area contributed by atoms with E-state index >= 15 is 0 Å². The fraction of sp³-hybridized carbons (Fsp3) is 0.389. The molecule has 2 heterocycles. The average Bonchev–Trinajstić information content (AvgIpc) is 3.25. The van der Waals surface area contributed by atoms with Gasteiger partial charge in [0.25, 0.3) is 5.91 Å². The van der Waals surface area contributed by atoms with Crippen LogP contribution in [0.25, 0.3) is 10.9 Å². The topological polar surface area (TPSA) is 82.5 Å². The highest BCUT2D eigenvalue weighted by atomic mass is 16.4. The van der Waals surface area contributed by atoms with Crippen molar-refractivity contribution in [3.8, 4) is 0 Å². The van der Waals surface area contributed by atoms with E-state index in [0.29, 0.717) is 30.9 Å². The van der Waals surface area contributed by atoms with Crippen LogP contribution in [0.5, 0.6) is 0 Å². The van der Waals surface area contributed by atoms with Crippen LogP contribution in [0.2, 0.25) is 0 Å². The first kappa shape index (κ1) is 14.9. The number of carbonyl (C=O) groups is 2. The van der Waals surface area contributed by atoms with Crippen LogP contribution in [-0.4, -0.2) is 41.1 Å². The number of hydrogen-bond acceptors (Lipinski definition) is 4. The van der Waals surface area contributed by atoms with Gasteiger partial charge in [-0.2, -0.15) is 0 Å². The second-order valence-electron chi connectivity index (χ2n) is 6.56. The monoisotopic (exact) mass is 325 g/mol. The van der Waals surface area contributed by atoms with Crippen LogP contribution in [0.15, 0.2) is 30.3 Å². The first-order valence-corrected chi connectivity index (χ1v) is 8.30. The van der Waals surface area contributed by atoms with Gasteiger partial charge in [0.05, 0.1) is 17.0 Å². The minimum absolute atomic E-state index is 0.0775. The van der Waals surface area contributed by atoms with E-state index in [4.69, 9.17) is 0 Å². The lowest BCUT2D eigenvalue weighted by Crippen LogP contribution is -2.27. The van der Waals surface area contributed by atoms with Crippen molar-refractivity contribution in [1.29, 1.82) is 0 Å². The Kier molecular flexibility index (Phi) is 3.59. The first-order chi connectivity index (χ1) is 11.6. The predicted molar refractivity (Wildman–Crippen MR) is 90.2 cm³/mol. The largest absolute Gasteiger partial charge is 0.481 e. The van der Waals surface area contributed by atoms with E-state index in [-0.39, 0.29) is 17.9 Å². The highest BCUT2D eigenvalue weighted by Crippen LogP contribution is 2.28. The number of carboxylic acids is 1. The summed E-state index contributed by atoms with van der Waals surface area (Å²) < 4.78 is 0. The zero-order valence-electron chi connectivity index (χ0n) is 13.2. The van der Waals surface area contributed by atoms with Gasteiger partial charge in [-0.05, 0) is 31.4 Å². The molecule has 1 aromatic heterocycles. The van der Waals surface area contributed by atoms with Gasteiger partial charge in [0, 0.05) is 24.5 Å². The van der Waals surface area contributed by atoms with Crippen molar-refractivity contribution in [3.05, 3.63) is 35.9 Å². The molecule has 6 nitrogen and oxygen atoms in total. The van der Waals surface area contributed by atoms with Gasteiger partial charge in [-0.25, -0.2) is 4.98 Å². The molecular weight excluding hydrogens is 306 g/mol. The SMILES string of the molecule is O=C(NC1CC1)c1cc(N2CCC(C(=O)O)C2)nc2ccccc12. The van der Waals surface area contributed by atoms with Gasteiger partial charge in [0.2, 0.25) is 0 Å². The summed E-state index contributed by atoms with van der Waals surface area (Å²) in [5.41, 5.74) is 1.37. The molecule has 1 aliphatic heterocycles. The van der Waals surface area contributed by atoms with Crippen molar-refractivity contribution in [2.45, 2.75) is 25.3 Å². The summed E-state index contributed by atoms with van der Waals surface area (Å²) in [7, 11) is 0. The fourth-order valence-corrected chi connectivity index (χ4v) is 3.17. The number of nitrogens with one attached hydrogen (secondary N) is 1. The van der Waals surface area contributed by atoms with Crippen molar-refractivity contribution in [2.24, 2.45) is 5.92 Å². The normalized spacial score (nSPS) is 20.3. The predicted octanol–water partition coefficient (Wildman–Crippen LogP) is 2.04. The number of benzene rings is 1. The molecule has 124 valence electrons. The second kappa shape index (κ2) is 5.78. The lowest BCUT2D eigenvalue weighted by molar-refractivity contribution is -0.140. The van der Waals surface area contributed by atoms with Gasteiger partial charge in [0.15, 0.2) is 0 Å². The molecule has 1 saturated carbocycles. The maximum absolute atomic E-state index is 12.6. The number of anilines is 1.